The molecule has 1 nitrogen and oxygen atoms in total. The first-order valence-corrected chi connectivity index (χ1v) is 20.4. The average molecular weight is 710 g/mol. The summed E-state index contributed by atoms with van der Waals surface area (Å²) in [5.41, 5.74) is 23.0. The van der Waals surface area contributed by atoms with Crippen molar-refractivity contribution < 1.29 is 0 Å². The molecule has 1 saturated carbocycles. The van der Waals surface area contributed by atoms with Crippen molar-refractivity contribution in [2.24, 2.45) is 0 Å². The van der Waals surface area contributed by atoms with Gasteiger partial charge in [0.1, 0.15) is 0 Å². The van der Waals surface area contributed by atoms with Crippen LogP contribution in [0.2, 0.25) is 0 Å². The molecule has 7 aromatic carbocycles. The zero-order valence-corrected chi connectivity index (χ0v) is 32.4. The molecule has 0 unspecified atom stereocenters. The second-order valence-electron chi connectivity index (χ2n) is 17.6. The number of rotatable bonds is 4. The van der Waals surface area contributed by atoms with Crippen molar-refractivity contribution in [3.05, 3.63) is 185 Å². The monoisotopic (exact) mass is 709 g/mol. The molecular formula is C54H47N. The van der Waals surface area contributed by atoms with Crippen molar-refractivity contribution in [2.45, 2.75) is 76.0 Å². The van der Waals surface area contributed by atoms with Crippen molar-refractivity contribution >= 4 is 17.1 Å². The second kappa shape index (κ2) is 11.7. The Kier molecular flexibility index (Phi) is 6.95. The molecule has 55 heavy (non-hydrogen) atoms. The number of benzene rings is 7. The Bertz CT molecular complexity index is 2700. The maximum Gasteiger partial charge on any atom is 0.0540 e. The van der Waals surface area contributed by atoms with Crippen LogP contribution < -0.4 is 4.90 Å². The highest BCUT2D eigenvalue weighted by atomic mass is 15.1. The van der Waals surface area contributed by atoms with Gasteiger partial charge in [-0.2, -0.15) is 0 Å². The zero-order valence-electron chi connectivity index (χ0n) is 32.4. The van der Waals surface area contributed by atoms with Gasteiger partial charge in [-0.05, 0) is 115 Å². The van der Waals surface area contributed by atoms with E-state index in [1.54, 1.807) is 0 Å². The molecule has 7 aromatic rings. The molecule has 0 radical (unpaired) electrons. The highest BCUT2D eigenvalue weighted by Gasteiger charge is 2.44. The minimum atomic E-state index is -0.128. The Balaban J connectivity index is 1.16. The topological polar surface area (TPSA) is 3.24 Å². The van der Waals surface area contributed by atoms with E-state index < -0.39 is 0 Å². The Morgan fingerprint density at radius 3 is 1.49 bits per heavy atom. The van der Waals surface area contributed by atoms with Gasteiger partial charge in [0.15, 0.2) is 0 Å². The number of hydrogen-bond acceptors (Lipinski definition) is 1. The molecule has 1 spiro atoms. The second-order valence-corrected chi connectivity index (χ2v) is 17.6. The Morgan fingerprint density at radius 2 is 0.818 bits per heavy atom. The zero-order chi connectivity index (χ0) is 37.1. The lowest BCUT2D eigenvalue weighted by atomic mass is 9.68. The summed E-state index contributed by atoms with van der Waals surface area (Å²) in [6.45, 7) is 9.60. The summed E-state index contributed by atoms with van der Waals surface area (Å²) in [6.07, 6.45) is 6.32. The van der Waals surface area contributed by atoms with Crippen LogP contribution in [-0.2, 0) is 16.2 Å². The largest absolute Gasteiger partial charge is 0.310 e. The molecule has 0 saturated heterocycles. The maximum absolute atomic E-state index is 2.59. The molecule has 1 heteroatoms. The molecule has 1 fully saturated rings. The van der Waals surface area contributed by atoms with E-state index >= 15 is 0 Å². The molecule has 0 N–H and O–H groups in total. The lowest BCUT2D eigenvalue weighted by Gasteiger charge is -2.37. The quantitative estimate of drug-likeness (QED) is 0.176. The fourth-order valence-corrected chi connectivity index (χ4v) is 11.5. The van der Waals surface area contributed by atoms with Gasteiger partial charge in [0, 0.05) is 33.2 Å². The normalized spacial score (nSPS) is 17.2. The van der Waals surface area contributed by atoms with Gasteiger partial charge in [-0.25, -0.2) is 0 Å². The molecule has 0 bridgehead atoms. The van der Waals surface area contributed by atoms with E-state index in [1.165, 1.54) is 127 Å². The molecule has 0 atom stereocenters. The van der Waals surface area contributed by atoms with Crippen molar-refractivity contribution in [3.63, 3.8) is 0 Å². The molecule has 4 aliphatic rings. The third-order valence-corrected chi connectivity index (χ3v) is 14.1. The van der Waals surface area contributed by atoms with Crippen LogP contribution in [0.15, 0.2) is 152 Å². The summed E-state index contributed by atoms with van der Waals surface area (Å²) in [5.74, 6) is 0. The van der Waals surface area contributed by atoms with Gasteiger partial charge in [-0.1, -0.05) is 168 Å². The predicted octanol–water partition coefficient (Wildman–Crippen LogP) is 14.7. The lowest BCUT2D eigenvalue weighted by molar-refractivity contribution is 0.353. The summed E-state index contributed by atoms with van der Waals surface area (Å²) < 4.78 is 0. The fraction of sp³-hybridized carbons (Fsp3) is 0.222. The predicted molar refractivity (Wildman–Crippen MR) is 231 cm³/mol. The van der Waals surface area contributed by atoms with Gasteiger partial charge in [0.25, 0.3) is 0 Å². The molecule has 268 valence electrons. The number of anilines is 3. The van der Waals surface area contributed by atoms with Gasteiger partial charge < -0.3 is 4.90 Å². The van der Waals surface area contributed by atoms with E-state index in [2.05, 4.69) is 184 Å². The Hall–Kier alpha value is -5.66. The molecule has 0 amide bonds. The minimum Gasteiger partial charge on any atom is -0.310 e. The van der Waals surface area contributed by atoms with Crippen LogP contribution in [0, 0.1) is 0 Å². The van der Waals surface area contributed by atoms with Crippen molar-refractivity contribution in [3.8, 4) is 44.5 Å². The van der Waals surface area contributed by atoms with Crippen LogP contribution in [0.3, 0.4) is 0 Å². The minimum absolute atomic E-state index is 0.0724. The highest BCUT2D eigenvalue weighted by molar-refractivity contribution is 5.96. The van der Waals surface area contributed by atoms with E-state index in [0.717, 1.165) is 0 Å². The lowest BCUT2D eigenvalue weighted by Crippen LogP contribution is -2.28. The molecular weight excluding hydrogens is 663 g/mol. The van der Waals surface area contributed by atoms with Gasteiger partial charge in [0.2, 0.25) is 0 Å². The van der Waals surface area contributed by atoms with E-state index in [4.69, 9.17) is 0 Å². The fourth-order valence-electron chi connectivity index (χ4n) is 11.5. The van der Waals surface area contributed by atoms with Gasteiger partial charge in [-0.3, -0.25) is 0 Å². The maximum atomic E-state index is 2.59. The number of nitrogens with zero attached hydrogens (tertiary/aromatic N) is 1. The number of fused-ring (bicyclic) bond motifs is 11. The van der Waals surface area contributed by atoms with Gasteiger partial charge in [-0.15, -0.1) is 0 Å². The van der Waals surface area contributed by atoms with Crippen molar-refractivity contribution in [2.75, 3.05) is 4.90 Å². The molecule has 4 aliphatic carbocycles. The third kappa shape index (κ3) is 4.47. The van der Waals surface area contributed by atoms with Crippen LogP contribution in [0.4, 0.5) is 17.1 Å². The molecule has 0 heterocycles. The SMILES string of the molecule is CC1(C)c2ccccc2-c2ccc(N(c3ccc4c(c3)C3(CCCCC3)c3ccccc3-4)c3ccccc3-c3cccc4c3C(C)(C)c3ccccc3-4)cc21. The van der Waals surface area contributed by atoms with Crippen LogP contribution in [0.1, 0.15) is 93.2 Å². The summed E-state index contributed by atoms with van der Waals surface area (Å²) in [5, 5.41) is 0. The van der Waals surface area contributed by atoms with Crippen LogP contribution in [-0.4, -0.2) is 0 Å². The first-order chi connectivity index (χ1) is 26.8. The van der Waals surface area contributed by atoms with E-state index in [-0.39, 0.29) is 16.2 Å². The number of hydrogen-bond donors (Lipinski definition) is 0. The molecule has 0 aliphatic heterocycles. The summed E-state index contributed by atoms with van der Waals surface area (Å²) in [7, 11) is 0. The van der Waals surface area contributed by atoms with E-state index in [0.29, 0.717) is 0 Å². The van der Waals surface area contributed by atoms with Crippen LogP contribution >= 0.6 is 0 Å². The number of para-hydroxylation sites is 1. The average Bonchev–Trinajstić information content (AvgIpc) is 3.72. The summed E-state index contributed by atoms with van der Waals surface area (Å²) in [6, 6.07) is 58.1. The first kappa shape index (κ1) is 32.7. The van der Waals surface area contributed by atoms with Gasteiger partial charge >= 0.3 is 0 Å². The third-order valence-electron chi connectivity index (χ3n) is 14.1. The van der Waals surface area contributed by atoms with Crippen molar-refractivity contribution in [1.29, 1.82) is 0 Å². The van der Waals surface area contributed by atoms with Crippen LogP contribution in [0.25, 0.3) is 44.5 Å². The van der Waals surface area contributed by atoms with Gasteiger partial charge in [0.05, 0.1) is 5.69 Å². The smallest absolute Gasteiger partial charge is 0.0540 e. The Morgan fingerprint density at radius 1 is 0.364 bits per heavy atom. The first-order valence-electron chi connectivity index (χ1n) is 20.4. The van der Waals surface area contributed by atoms with E-state index in [1.807, 2.05) is 0 Å². The molecule has 0 aromatic heterocycles. The molecule has 11 rings (SSSR count). The standard InChI is InChI=1S/C54H47N/c1-52(2)45-23-10-6-17-37(45)40-29-27-35(33-48(40)52)55(36-28-30-41-38-18-8-12-25-47(38)54(49(41)34-36)31-14-5-15-32-54)50-26-13-9-20-42(50)44-22-16-21-43-39-19-7-11-24-46(39)53(3,4)51(43)44/h6-13,16-30,33-34H,5,14-15,31-32H2,1-4H3. The van der Waals surface area contributed by atoms with Crippen LogP contribution in [0.5, 0.6) is 0 Å². The summed E-state index contributed by atoms with van der Waals surface area (Å²) in [4.78, 5) is 2.59. The Labute approximate surface area is 326 Å². The highest BCUT2D eigenvalue weighted by Crippen LogP contribution is 2.59. The van der Waals surface area contributed by atoms with E-state index in [9.17, 15) is 0 Å². The summed E-state index contributed by atoms with van der Waals surface area (Å²) >= 11 is 0. The van der Waals surface area contributed by atoms with Crippen molar-refractivity contribution in [1.82, 2.24) is 0 Å².